The molecular weight excluding hydrogens is 339 g/mol. The number of fused-ring (bicyclic) bond motifs is 1. The van der Waals surface area contributed by atoms with Crippen LogP contribution in [0.4, 0.5) is 13.2 Å². The second-order valence-corrected chi connectivity index (χ2v) is 5.28. The van der Waals surface area contributed by atoms with Gasteiger partial charge in [0, 0.05) is 13.2 Å². The molecule has 2 aromatic heterocycles. The highest BCUT2D eigenvalue weighted by Crippen LogP contribution is 2.33. The fourth-order valence-electron chi connectivity index (χ4n) is 2.09. The second kappa shape index (κ2) is 5.73. The van der Waals surface area contributed by atoms with Crippen molar-refractivity contribution in [1.29, 1.82) is 0 Å². The number of aliphatic carboxylic acids is 1. The summed E-state index contributed by atoms with van der Waals surface area (Å²) in [7, 11) is 1.23. The summed E-state index contributed by atoms with van der Waals surface area (Å²) in [5.74, 6) is -2.02. The molecule has 0 aromatic carbocycles. The maximum absolute atomic E-state index is 12.9. The van der Waals surface area contributed by atoms with Crippen molar-refractivity contribution in [2.24, 2.45) is 0 Å². The van der Waals surface area contributed by atoms with Crippen LogP contribution in [0, 0.1) is 6.92 Å². The van der Waals surface area contributed by atoms with E-state index >= 15 is 0 Å². The van der Waals surface area contributed by atoms with E-state index in [0.717, 1.165) is 15.4 Å². The van der Waals surface area contributed by atoms with Gasteiger partial charge in [-0.2, -0.15) is 13.2 Å². The van der Waals surface area contributed by atoms with Crippen LogP contribution in [-0.2, 0) is 11.0 Å². The van der Waals surface area contributed by atoms with Crippen molar-refractivity contribution in [3.05, 3.63) is 34.2 Å². The average molecular weight is 350 g/mol. The molecule has 0 spiro atoms. The standard InChI is InChI=1S/C13H11ClF3N3O3/c1-6-10(12(23)19(2)5-9(21)22)20-4-7(13(15,16)17)3-8(14)11(20)18-6/h3-4H,5H2,1-2H3,(H,21,22). The summed E-state index contributed by atoms with van der Waals surface area (Å²) in [6.45, 7) is 0.830. The number of aryl methyl sites for hydroxylation is 1. The maximum atomic E-state index is 12.9. The monoisotopic (exact) mass is 349 g/mol. The number of hydrogen-bond acceptors (Lipinski definition) is 3. The number of pyridine rings is 1. The summed E-state index contributed by atoms with van der Waals surface area (Å²) >= 11 is 5.82. The van der Waals surface area contributed by atoms with E-state index in [9.17, 15) is 22.8 Å². The maximum Gasteiger partial charge on any atom is 0.417 e. The second-order valence-electron chi connectivity index (χ2n) is 4.87. The Morgan fingerprint density at radius 1 is 1.43 bits per heavy atom. The summed E-state index contributed by atoms with van der Waals surface area (Å²) in [5.41, 5.74) is -1.07. The molecule has 124 valence electrons. The number of rotatable bonds is 3. The molecule has 0 saturated heterocycles. The molecule has 0 aliphatic rings. The number of carboxylic acids is 1. The predicted octanol–water partition coefficient (Wildman–Crippen LogP) is 2.47. The van der Waals surface area contributed by atoms with Gasteiger partial charge < -0.3 is 10.0 Å². The minimum Gasteiger partial charge on any atom is -0.480 e. The highest BCUT2D eigenvalue weighted by atomic mass is 35.5. The fourth-order valence-corrected chi connectivity index (χ4v) is 2.34. The highest BCUT2D eigenvalue weighted by molar-refractivity contribution is 6.33. The lowest BCUT2D eigenvalue weighted by atomic mass is 10.2. The van der Waals surface area contributed by atoms with E-state index in [1.54, 1.807) is 0 Å². The Bertz CT molecular complexity index is 801. The van der Waals surface area contributed by atoms with Gasteiger partial charge in [0.1, 0.15) is 12.2 Å². The van der Waals surface area contributed by atoms with Gasteiger partial charge in [-0.05, 0) is 13.0 Å². The molecule has 0 atom stereocenters. The van der Waals surface area contributed by atoms with Gasteiger partial charge in [-0.25, -0.2) is 4.98 Å². The van der Waals surface area contributed by atoms with Gasteiger partial charge in [0.15, 0.2) is 5.65 Å². The number of carbonyl (C=O) groups is 2. The number of aromatic nitrogens is 2. The summed E-state index contributed by atoms with van der Waals surface area (Å²) in [6.07, 6.45) is -3.94. The van der Waals surface area contributed by atoms with Crippen molar-refractivity contribution in [2.75, 3.05) is 13.6 Å². The number of alkyl halides is 3. The minimum atomic E-state index is -4.65. The molecule has 0 unspecified atom stereocenters. The number of hydrogen-bond donors (Lipinski definition) is 1. The smallest absolute Gasteiger partial charge is 0.417 e. The number of carbonyl (C=O) groups excluding carboxylic acids is 1. The first-order chi connectivity index (χ1) is 10.5. The SMILES string of the molecule is Cc1nc2c(Cl)cc(C(F)(F)F)cn2c1C(=O)N(C)CC(=O)O. The van der Waals surface area contributed by atoms with Crippen LogP contribution in [0.25, 0.3) is 5.65 Å². The van der Waals surface area contributed by atoms with E-state index in [0.29, 0.717) is 6.20 Å². The van der Waals surface area contributed by atoms with E-state index in [1.807, 2.05) is 0 Å². The van der Waals surface area contributed by atoms with E-state index in [-0.39, 0.29) is 22.1 Å². The van der Waals surface area contributed by atoms with Crippen molar-refractivity contribution in [3.8, 4) is 0 Å². The summed E-state index contributed by atoms with van der Waals surface area (Å²) < 4.78 is 39.6. The van der Waals surface area contributed by atoms with Crippen LogP contribution in [-0.4, -0.2) is 44.9 Å². The number of amides is 1. The third kappa shape index (κ3) is 3.24. The van der Waals surface area contributed by atoms with E-state index in [2.05, 4.69) is 4.98 Å². The number of carboxylic acid groups (broad SMARTS) is 1. The first-order valence-electron chi connectivity index (χ1n) is 6.25. The van der Waals surface area contributed by atoms with E-state index < -0.39 is 30.2 Å². The van der Waals surface area contributed by atoms with Gasteiger partial charge in [0.2, 0.25) is 0 Å². The molecule has 0 aliphatic heterocycles. The molecule has 0 aliphatic carbocycles. The molecule has 2 rings (SSSR count). The van der Waals surface area contributed by atoms with Crippen LogP contribution in [0.15, 0.2) is 12.3 Å². The Kier molecular flexibility index (Phi) is 4.25. The normalized spacial score (nSPS) is 11.7. The quantitative estimate of drug-likeness (QED) is 0.923. The van der Waals surface area contributed by atoms with Gasteiger partial charge in [-0.1, -0.05) is 11.6 Å². The van der Waals surface area contributed by atoms with Gasteiger partial charge in [0.05, 0.1) is 16.3 Å². The zero-order valence-corrected chi connectivity index (χ0v) is 12.7. The van der Waals surface area contributed by atoms with Crippen molar-refractivity contribution in [3.63, 3.8) is 0 Å². The Labute approximate surface area is 133 Å². The Balaban J connectivity index is 2.64. The first kappa shape index (κ1) is 17.1. The van der Waals surface area contributed by atoms with Crippen LogP contribution in [0.5, 0.6) is 0 Å². The molecule has 10 heteroatoms. The molecule has 6 nitrogen and oxygen atoms in total. The molecule has 0 saturated carbocycles. The molecule has 0 radical (unpaired) electrons. The van der Waals surface area contributed by atoms with Crippen molar-refractivity contribution in [1.82, 2.24) is 14.3 Å². The summed E-state index contributed by atoms with van der Waals surface area (Å²) in [4.78, 5) is 27.9. The van der Waals surface area contributed by atoms with Crippen LogP contribution in [0.2, 0.25) is 5.02 Å². The molecule has 23 heavy (non-hydrogen) atoms. The van der Waals surface area contributed by atoms with Gasteiger partial charge >= 0.3 is 12.1 Å². The fraction of sp³-hybridized carbons (Fsp3) is 0.308. The molecule has 0 fully saturated rings. The lowest BCUT2D eigenvalue weighted by molar-refractivity contribution is -0.138. The molecule has 1 N–H and O–H groups in total. The van der Waals surface area contributed by atoms with Crippen molar-refractivity contribution in [2.45, 2.75) is 13.1 Å². The van der Waals surface area contributed by atoms with E-state index in [4.69, 9.17) is 16.7 Å². The van der Waals surface area contributed by atoms with E-state index in [1.165, 1.54) is 14.0 Å². The Morgan fingerprint density at radius 3 is 2.57 bits per heavy atom. The average Bonchev–Trinajstić information content (AvgIpc) is 2.73. The molecular formula is C13H11ClF3N3O3. The van der Waals surface area contributed by atoms with Crippen LogP contribution in [0.3, 0.4) is 0 Å². The lowest BCUT2D eigenvalue weighted by Crippen LogP contribution is -2.33. The van der Waals surface area contributed by atoms with Crippen molar-refractivity contribution >= 4 is 29.1 Å². The molecule has 2 aromatic rings. The summed E-state index contributed by atoms with van der Waals surface area (Å²) in [6, 6.07) is 0.721. The predicted molar refractivity (Wildman–Crippen MR) is 74.5 cm³/mol. The van der Waals surface area contributed by atoms with Crippen LogP contribution >= 0.6 is 11.6 Å². The number of likely N-dealkylation sites (N-methyl/N-ethyl adjacent to an activating group) is 1. The molecule has 1 amide bonds. The zero-order chi connectivity index (χ0) is 17.5. The summed E-state index contributed by atoms with van der Waals surface area (Å²) in [5, 5.41) is 8.46. The number of imidazole rings is 1. The first-order valence-corrected chi connectivity index (χ1v) is 6.63. The number of nitrogens with zero attached hydrogens (tertiary/aromatic N) is 3. The van der Waals surface area contributed by atoms with Gasteiger partial charge in [0.25, 0.3) is 5.91 Å². The topological polar surface area (TPSA) is 74.9 Å². The number of halogens is 4. The Morgan fingerprint density at radius 2 is 2.04 bits per heavy atom. The Hall–Kier alpha value is -2.29. The van der Waals surface area contributed by atoms with Crippen molar-refractivity contribution < 1.29 is 27.9 Å². The van der Waals surface area contributed by atoms with Gasteiger partial charge in [-0.15, -0.1) is 0 Å². The lowest BCUT2D eigenvalue weighted by Gasteiger charge is -2.15. The molecule has 0 bridgehead atoms. The largest absolute Gasteiger partial charge is 0.480 e. The molecule has 2 heterocycles. The third-order valence-electron chi connectivity index (χ3n) is 3.10. The minimum absolute atomic E-state index is 0.00996. The third-order valence-corrected chi connectivity index (χ3v) is 3.38. The zero-order valence-electron chi connectivity index (χ0n) is 12.0. The van der Waals surface area contributed by atoms with Crippen LogP contribution < -0.4 is 0 Å². The van der Waals surface area contributed by atoms with Gasteiger partial charge in [-0.3, -0.25) is 14.0 Å². The highest BCUT2D eigenvalue weighted by Gasteiger charge is 2.33. The van der Waals surface area contributed by atoms with Crippen LogP contribution in [0.1, 0.15) is 21.7 Å².